The van der Waals surface area contributed by atoms with Gasteiger partial charge in [0.1, 0.15) is 5.54 Å². The van der Waals surface area contributed by atoms with Crippen molar-refractivity contribution in [3.8, 4) is 6.07 Å². The second-order valence-corrected chi connectivity index (χ2v) is 8.20. The van der Waals surface area contributed by atoms with Crippen LogP contribution in [0.1, 0.15) is 46.4 Å². The Balaban J connectivity index is 1.61. The van der Waals surface area contributed by atoms with Crippen molar-refractivity contribution in [3.05, 3.63) is 45.4 Å². The molecule has 1 amide bonds. The molecule has 142 valence electrons. The van der Waals surface area contributed by atoms with Crippen LogP contribution in [0.3, 0.4) is 0 Å². The van der Waals surface area contributed by atoms with Gasteiger partial charge in [-0.25, -0.2) is 4.79 Å². The molecule has 2 heterocycles. The highest BCUT2D eigenvalue weighted by Crippen LogP contribution is 2.39. The third-order valence-corrected chi connectivity index (χ3v) is 5.91. The van der Waals surface area contributed by atoms with Gasteiger partial charge in [-0.05, 0) is 57.0 Å². The predicted octanol–water partition coefficient (Wildman–Crippen LogP) is 3.18. The molecule has 1 fully saturated rings. The van der Waals surface area contributed by atoms with Gasteiger partial charge >= 0.3 is 5.97 Å². The summed E-state index contributed by atoms with van der Waals surface area (Å²) in [7, 11) is 0. The number of aromatic nitrogens is 1. The molecule has 6 nitrogen and oxygen atoms in total. The maximum atomic E-state index is 12.4. The second kappa shape index (κ2) is 7.57. The zero-order chi connectivity index (χ0) is 19.6. The topological polar surface area (TPSA) is 84.1 Å². The summed E-state index contributed by atoms with van der Waals surface area (Å²) in [4.78, 5) is 25.8. The number of esters is 1. The summed E-state index contributed by atoms with van der Waals surface area (Å²) in [5, 5.41) is 14.0. The highest BCUT2D eigenvalue weighted by molar-refractivity contribution is 7.09. The molecule has 1 saturated carbocycles. The smallest absolute Gasteiger partial charge is 0.340 e. The van der Waals surface area contributed by atoms with Gasteiger partial charge in [-0.3, -0.25) is 4.79 Å². The van der Waals surface area contributed by atoms with Crippen LogP contribution in [0.5, 0.6) is 0 Å². The Morgan fingerprint density at radius 1 is 1.44 bits per heavy atom. The van der Waals surface area contributed by atoms with E-state index in [1.807, 2.05) is 25.3 Å². The first-order chi connectivity index (χ1) is 12.8. The Bertz CT molecular complexity index is 890. The SMILES string of the molecule is Cc1cc(C(=O)OCC(=O)N[C@@](C)(C#N)C2CC2)c(C)n1Cc1cccs1. The fraction of sp³-hybridized carbons (Fsp3) is 0.450. The van der Waals surface area contributed by atoms with Gasteiger partial charge in [0.2, 0.25) is 0 Å². The molecule has 0 radical (unpaired) electrons. The number of nitrogens with zero attached hydrogens (tertiary/aromatic N) is 2. The van der Waals surface area contributed by atoms with Crippen molar-refractivity contribution in [2.45, 2.75) is 45.7 Å². The number of rotatable bonds is 7. The summed E-state index contributed by atoms with van der Waals surface area (Å²) in [6.45, 7) is 5.83. The predicted molar refractivity (Wildman–Crippen MR) is 102 cm³/mol. The minimum absolute atomic E-state index is 0.179. The maximum absolute atomic E-state index is 12.4. The lowest BCUT2D eigenvalue weighted by Gasteiger charge is -2.22. The number of thiophene rings is 1. The van der Waals surface area contributed by atoms with E-state index in [4.69, 9.17) is 4.74 Å². The van der Waals surface area contributed by atoms with Crippen LogP contribution in [0.25, 0.3) is 0 Å². The molecule has 2 aromatic rings. The van der Waals surface area contributed by atoms with Crippen molar-refractivity contribution in [2.75, 3.05) is 6.61 Å². The number of ether oxygens (including phenoxy) is 1. The molecule has 27 heavy (non-hydrogen) atoms. The molecule has 0 spiro atoms. The Morgan fingerprint density at radius 2 is 2.19 bits per heavy atom. The zero-order valence-electron chi connectivity index (χ0n) is 15.7. The number of carbonyl (C=O) groups is 2. The van der Waals surface area contributed by atoms with Crippen molar-refractivity contribution in [3.63, 3.8) is 0 Å². The molecule has 0 saturated heterocycles. The van der Waals surface area contributed by atoms with E-state index in [1.54, 1.807) is 24.3 Å². The van der Waals surface area contributed by atoms with Gasteiger partial charge in [0.25, 0.3) is 5.91 Å². The minimum Gasteiger partial charge on any atom is -0.452 e. The molecular formula is C20H23N3O3S. The number of hydrogen-bond acceptors (Lipinski definition) is 5. The lowest BCUT2D eigenvalue weighted by molar-refractivity contribution is -0.125. The highest BCUT2D eigenvalue weighted by Gasteiger charge is 2.43. The van der Waals surface area contributed by atoms with E-state index < -0.39 is 24.0 Å². The summed E-state index contributed by atoms with van der Waals surface area (Å²) < 4.78 is 7.25. The van der Waals surface area contributed by atoms with Crippen LogP contribution in [0.4, 0.5) is 0 Å². The number of nitriles is 1. The fourth-order valence-corrected chi connectivity index (χ4v) is 3.92. The third kappa shape index (κ3) is 4.22. The zero-order valence-corrected chi connectivity index (χ0v) is 16.6. The number of nitrogens with one attached hydrogen (secondary N) is 1. The normalized spacial score (nSPS) is 15.6. The first kappa shape index (κ1) is 19.2. The first-order valence-electron chi connectivity index (χ1n) is 8.92. The van der Waals surface area contributed by atoms with Crippen molar-refractivity contribution in [2.24, 2.45) is 5.92 Å². The molecule has 1 atom stereocenters. The molecule has 0 unspecified atom stereocenters. The van der Waals surface area contributed by atoms with E-state index in [2.05, 4.69) is 22.0 Å². The van der Waals surface area contributed by atoms with Gasteiger partial charge in [0, 0.05) is 16.3 Å². The van der Waals surface area contributed by atoms with Crippen molar-refractivity contribution in [1.29, 1.82) is 5.26 Å². The van der Waals surface area contributed by atoms with Gasteiger partial charge in [-0.15, -0.1) is 11.3 Å². The maximum Gasteiger partial charge on any atom is 0.340 e. The molecular weight excluding hydrogens is 362 g/mol. The summed E-state index contributed by atoms with van der Waals surface area (Å²) >= 11 is 1.67. The quantitative estimate of drug-likeness (QED) is 0.742. The number of amides is 1. The fourth-order valence-electron chi connectivity index (χ4n) is 3.23. The number of hydrogen-bond donors (Lipinski definition) is 1. The summed E-state index contributed by atoms with van der Waals surface area (Å²) in [5.41, 5.74) is 1.34. The van der Waals surface area contributed by atoms with Crippen molar-refractivity contribution in [1.82, 2.24) is 9.88 Å². The molecule has 2 aromatic heterocycles. The molecule has 0 aliphatic heterocycles. The van der Waals surface area contributed by atoms with Crippen LogP contribution in [-0.2, 0) is 16.1 Å². The molecule has 1 aliphatic carbocycles. The van der Waals surface area contributed by atoms with Gasteiger partial charge < -0.3 is 14.6 Å². The second-order valence-electron chi connectivity index (χ2n) is 7.16. The Kier molecular flexibility index (Phi) is 5.38. The minimum atomic E-state index is -0.889. The molecule has 1 aliphatic rings. The average molecular weight is 385 g/mol. The number of aryl methyl sites for hydroxylation is 1. The van der Waals surface area contributed by atoms with Crippen LogP contribution in [-0.4, -0.2) is 28.6 Å². The molecule has 7 heteroatoms. The average Bonchev–Trinajstić information content (AvgIpc) is 3.32. The molecule has 3 rings (SSSR count). The van der Waals surface area contributed by atoms with E-state index in [0.717, 1.165) is 24.2 Å². The molecule has 1 N–H and O–H groups in total. The van der Waals surface area contributed by atoms with E-state index in [-0.39, 0.29) is 5.92 Å². The third-order valence-electron chi connectivity index (χ3n) is 5.05. The van der Waals surface area contributed by atoms with E-state index >= 15 is 0 Å². The standard InChI is InChI=1S/C20H23N3O3S/c1-13-9-17(14(2)23(13)10-16-5-4-8-27-16)19(25)26-11-18(24)22-20(3,12-21)15-6-7-15/h4-5,8-9,15H,6-7,10-11H2,1-3H3,(H,22,24)/t20-/m0/s1. The largest absolute Gasteiger partial charge is 0.452 e. The molecule has 0 bridgehead atoms. The van der Waals surface area contributed by atoms with E-state index in [0.29, 0.717) is 12.1 Å². The Hall–Kier alpha value is -2.59. The van der Waals surface area contributed by atoms with E-state index in [1.165, 1.54) is 4.88 Å². The lowest BCUT2D eigenvalue weighted by atomic mass is 9.98. The van der Waals surface area contributed by atoms with Gasteiger partial charge in [-0.1, -0.05) is 6.07 Å². The summed E-state index contributed by atoms with van der Waals surface area (Å²) in [6.07, 6.45) is 1.86. The highest BCUT2D eigenvalue weighted by atomic mass is 32.1. The van der Waals surface area contributed by atoms with Crippen LogP contribution >= 0.6 is 11.3 Å². The van der Waals surface area contributed by atoms with Crippen LogP contribution in [0, 0.1) is 31.1 Å². The van der Waals surface area contributed by atoms with Crippen LogP contribution in [0.2, 0.25) is 0 Å². The van der Waals surface area contributed by atoms with E-state index in [9.17, 15) is 14.9 Å². The lowest BCUT2D eigenvalue weighted by Crippen LogP contribution is -2.48. The summed E-state index contributed by atoms with van der Waals surface area (Å²) in [5.74, 6) is -0.800. The van der Waals surface area contributed by atoms with Crippen LogP contribution < -0.4 is 5.32 Å². The van der Waals surface area contributed by atoms with Crippen molar-refractivity contribution >= 4 is 23.2 Å². The van der Waals surface area contributed by atoms with Gasteiger partial charge in [-0.2, -0.15) is 5.26 Å². The number of carbonyl (C=O) groups excluding carboxylic acids is 2. The van der Waals surface area contributed by atoms with Crippen LogP contribution in [0.15, 0.2) is 23.6 Å². The van der Waals surface area contributed by atoms with Gasteiger partial charge in [0.15, 0.2) is 6.61 Å². The molecule has 0 aromatic carbocycles. The monoisotopic (exact) mass is 385 g/mol. The van der Waals surface area contributed by atoms with Crippen molar-refractivity contribution < 1.29 is 14.3 Å². The Labute approximate surface area is 162 Å². The van der Waals surface area contributed by atoms with Gasteiger partial charge in [0.05, 0.1) is 18.2 Å². The first-order valence-corrected chi connectivity index (χ1v) is 9.80. The summed E-state index contributed by atoms with van der Waals surface area (Å²) in [6, 6.07) is 7.99. The Morgan fingerprint density at radius 3 is 2.78 bits per heavy atom.